The van der Waals surface area contributed by atoms with Gasteiger partial charge in [0.25, 0.3) is 0 Å². The largest absolute Gasteiger partial charge is 0.397 e. The van der Waals surface area contributed by atoms with Crippen molar-refractivity contribution >= 4 is 28.9 Å². The quantitative estimate of drug-likeness (QED) is 0.833. The van der Waals surface area contributed by atoms with Gasteiger partial charge in [-0.15, -0.1) is 0 Å². The zero-order valence-corrected chi connectivity index (χ0v) is 12.9. The molecule has 0 aliphatic carbocycles. The standard InChI is InChI=1S/C15H19ClN4O/c1-10-8-11(2)20(19-10)7-3-4-15(21)18-14-9-12(16)5-6-13(14)17/h5-6,8-9H,3-4,7,17H2,1-2H3,(H,18,21). The lowest BCUT2D eigenvalue weighted by molar-refractivity contribution is -0.116. The molecule has 0 unspecified atom stereocenters. The highest BCUT2D eigenvalue weighted by Gasteiger charge is 2.07. The number of aromatic nitrogens is 2. The van der Waals surface area contributed by atoms with E-state index in [0.717, 1.165) is 17.9 Å². The summed E-state index contributed by atoms with van der Waals surface area (Å²) in [5.41, 5.74) is 8.95. The fourth-order valence-electron chi connectivity index (χ4n) is 2.14. The first-order valence-corrected chi connectivity index (χ1v) is 7.19. The number of hydrogen-bond acceptors (Lipinski definition) is 3. The Balaban J connectivity index is 1.85. The number of carbonyl (C=O) groups is 1. The number of nitrogens with one attached hydrogen (secondary N) is 1. The van der Waals surface area contributed by atoms with E-state index in [0.29, 0.717) is 29.2 Å². The van der Waals surface area contributed by atoms with Gasteiger partial charge in [-0.05, 0) is 44.5 Å². The second-order valence-electron chi connectivity index (χ2n) is 5.03. The third kappa shape index (κ3) is 4.23. The summed E-state index contributed by atoms with van der Waals surface area (Å²) >= 11 is 5.89. The first kappa shape index (κ1) is 15.4. The molecular formula is C15H19ClN4O. The van der Waals surface area contributed by atoms with Gasteiger partial charge in [-0.25, -0.2) is 0 Å². The van der Waals surface area contributed by atoms with E-state index in [1.54, 1.807) is 18.2 Å². The fraction of sp³-hybridized carbons (Fsp3) is 0.333. The van der Waals surface area contributed by atoms with Crippen molar-refractivity contribution in [3.8, 4) is 0 Å². The van der Waals surface area contributed by atoms with Gasteiger partial charge >= 0.3 is 0 Å². The maximum Gasteiger partial charge on any atom is 0.224 e. The first-order valence-electron chi connectivity index (χ1n) is 6.81. The lowest BCUT2D eigenvalue weighted by Crippen LogP contribution is -2.14. The minimum Gasteiger partial charge on any atom is -0.397 e. The Morgan fingerprint density at radius 3 is 2.81 bits per heavy atom. The van der Waals surface area contributed by atoms with Crippen LogP contribution < -0.4 is 11.1 Å². The lowest BCUT2D eigenvalue weighted by atomic mass is 10.2. The Bertz CT molecular complexity index is 651. The van der Waals surface area contributed by atoms with E-state index >= 15 is 0 Å². The number of amides is 1. The maximum atomic E-state index is 11.9. The predicted octanol–water partition coefficient (Wildman–Crippen LogP) is 3.15. The summed E-state index contributed by atoms with van der Waals surface area (Å²) in [6, 6.07) is 7.03. The molecule has 0 aliphatic rings. The van der Waals surface area contributed by atoms with E-state index in [2.05, 4.69) is 10.4 Å². The summed E-state index contributed by atoms with van der Waals surface area (Å²) in [4.78, 5) is 11.9. The van der Waals surface area contributed by atoms with Crippen LogP contribution >= 0.6 is 11.6 Å². The van der Waals surface area contributed by atoms with Crippen molar-refractivity contribution in [2.45, 2.75) is 33.2 Å². The average molecular weight is 307 g/mol. The number of hydrogen-bond donors (Lipinski definition) is 2. The Labute approximate surface area is 129 Å². The zero-order chi connectivity index (χ0) is 15.4. The number of nitrogens with zero attached hydrogens (tertiary/aromatic N) is 2. The van der Waals surface area contributed by atoms with E-state index < -0.39 is 0 Å². The van der Waals surface area contributed by atoms with Gasteiger partial charge < -0.3 is 11.1 Å². The molecule has 0 spiro atoms. The zero-order valence-electron chi connectivity index (χ0n) is 12.2. The molecule has 1 aromatic heterocycles. The molecule has 3 N–H and O–H groups in total. The van der Waals surface area contributed by atoms with Crippen molar-refractivity contribution < 1.29 is 4.79 Å². The molecule has 0 bridgehead atoms. The molecule has 0 fully saturated rings. The molecular weight excluding hydrogens is 288 g/mol. The first-order chi connectivity index (χ1) is 9.95. The van der Waals surface area contributed by atoms with Crippen LogP contribution in [0.25, 0.3) is 0 Å². The second-order valence-corrected chi connectivity index (χ2v) is 5.47. The van der Waals surface area contributed by atoms with Crippen molar-refractivity contribution in [3.05, 3.63) is 40.7 Å². The van der Waals surface area contributed by atoms with Gasteiger partial charge in [-0.2, -0.15) is 5.10 Å². The SMILES string of the molecule is Cc1cc(C)n(CCCC(=O)Nc2cc(Cl)ccc2N)n1. The summed E-state index contributed by atoms with van der Waals surface area (Å²) in [5.74, 6) is -0.0782. The van der Waals surface area contributed by atoms with E-state index in [1.807, 2.05) is 24.6 Å². The Morgan fingerprint density at radius 2 is 2.14 bits per heavy atom. The van der Waals surface area contributed by atoms with Crippen molar-refractivity contribution in [1.82, 2.24) is 9.78 Å². The topological polar surface area (TPSA) is 72.9 Å². The van der Waals surface area contributed by atoms with E-state index in [4.69, 9.17) is 17.3 Å². The number of halogens is 1. The smallest absolute Gasteiger partial charge is 0.224 e. The van der Waals surface area contributed by atoms with Crippen LogP contribution in [0.2, 0.25) is 5.02 Å². The molecule has 1 aromatic carbocycles. The molecule has 0 radical (unpaired) electrons. The molecule has 0 saturated heterocycles. The summed E-state index contributed by atoms with van der Waals surface area (Å²) < 4.78 is 1.91. The van der Waals surface area contributed by atoms with Gasteiger partial charge in [-0.3, -0.25) is 9.48 Å². The van der Waals surface area contributed by atoms with Crippen LogP contribution in [-0.2, 0) is 11.3 Å². The van der Waals surface area contributed by atoms with Gasteiger partial charge in [0.1, 0.15) is 0 Å². The maximum absolute atomic E-state index is 11.9. The number of aryl methyl sites for hydroxylation is 3. The van der Waals surface area contributed by atoms with E-state index in [9.17, 15) is 4.79 Å². The fourth-order valence-corrected chi connectivity index (χ4v) is 2.31. The minimum atomic E-state index is -0.0782. The molecule has 2 aromatic rings. The molecule has 112 valence electrons. The number of nitrogen functional groups attached to an aromatic ring is 1. The van der Waals surface area contributed by atoms with E-state index in [-0.39, 0.29) is 5.91 Å². The van der Waals surface area contributed by atoms with Crippen molar-refractivity contribution in [1.29, 1.82) is 0 Å². The third-order valence-electron chi connectivity index (χ3n) is 3.17. The summed E-state index contributed by atoms with van der Waals surface area (Å²) in [6.07, 6.45) is 1.12. The monoisotopic (exact) mass is 306 g/mol. The molecule has 1 amide bonds. The highest BCUT2D eigenvalue weighted by Crippen LogP contribution is 2.23. The molecule has 0 atom stereocenters. The van der Waals surface area contributed by atoms with Crippen LogP contribution in [-0.4, -0.2) is 15.7 Å². The number of benzene rings is 1. The van der Waals surface area contributed by atoms with Crippen molar-refractivity contribution in [2.75, 3.05) is 11.1 Å². The number of anilines is 2. The molecule has 1 heterocycles. The minimum absolute atomic E-state index is 0.0782. The van der Waals surface area contributed by atoms with Gasteiger partial charge in [0.15, 0.2) is 0 Å². The molecule has 0 saturated carbocycles. The summed E-state index contributed by atoms with van der Waals surface area (Å²) in [5, 5.41) is 7.69. The summed E-state index contributed by atoms with van der Waals surface area (Å²) in [7, 11) is 0. The number of nitrogens with two attached hydrogens (primary N) is 1. The number of rotatable bonds is 5. The average Bonchev–Trinajstić information content (AvgIpc) is 2.72. The number of carbonyl (C=O) groups excluding carboxylic acids is 1. The van der Waals surface area contributed by atoms with Crippen LogP contribution in [0.15, 0.2) is 24.3 Å². The Morgan fingerprint density at radius 1 is 1.38 bits per heavy atom. The van der Waals surface area contributed by atoms with Crippen LogP contribution in [0.5, 0.6) is 0 Å². The van der Waals surface area contributed by atoms with Crippen LogP contribution in [0.1, 0.15) is 24.2 Å². The van der Waals surface area contributed by atoms with Gasteiger partial charge in [0.05, 0.1) is 17.1 Å². The molecule has 21 heavy (non-hydrogen) atoms. The van der Waals surface area contributed by atoms with Crippen LogP contribution in [0, 0.1) is 13.8 Å². The molecule has 0 aliphatic heterocycles. The predicted molar refractivity (Wildman–Crippen MR) is 85.4 cm³/mol. The second kappa shape index (κ2) is 6.63. The normalized spacial score (nSPS) is 10.6. The molecule has 2 rings (SSSR count). The molecule has 5 nitrogen and oxygen atoms in total. The van der Waals surface area contributed by atoms with E-state index in [1.165, 1.54) is 0 Å². The molecule has 6 heteroatoms. The van der Waals surface area contributed by atoms with Gasteiger partial charge in [0, 0.05) is 23.7 Å². The lowest BCUT2D eigenvalue weighted by Gasteiger charge is -2.09. The van der Waals surface area contributed by atoms with Crippen LogP contribution in [0.4, 0.5) is 11.4 Å². The summed E-state index contributed by atoms with van der Waals surface area (Å²) in [6.45, 7) is 4.68. The van der Waals surface area contributed by atoms with Crippen molar-refractivity contribution in [2.24, 2.45) is 0 Å². The van der Waals surface area contributed by atoms with Crippen molar-refractivity contribution in [3.63, 3.8) is 0 Å². The highest BCUT2D eigenvalue weighted by atomic mass is 35.5. The van der Waals surface area contributed by atoms with Crippen LogP contribution in [0.3, 0.4) is 0 Å². The Kier molecular flexibility index (Phi) is 4.85. The third-order valence-corrected chi connectivity index (χ3v) is 3.40. The Hall–Kier alpha value is -2.01. The van der Waals surface area contributed by atoms with Gasteiger partial charge in [-0.1, -0.05) is 11.6 Å². The van der Waals surface area contributed by atoms with Gasteiger partial charge in [0.2, 0.25) is 5.91 Å². The highest BCUT2D eigenvalue weighted by molar-refractivity contribution is 6.31.